The standard InChI is InChI=1S/C16H17NO3/c17-11-13(10-16(18)19)12-5-4-8-15(9-12)20-14-6-2-1-3-7-14/h1-9,13H,10-11,17H2,(H,18,19). The van der Waals surface area contributed by atoms with Crippen LogP contribution in [0.3, 0.4) is 0 Å². The van der Waals surface area contributed by atoms with E-state index in [1.165, 1.54) is 0 Å². The molecule has 1 unspecified atom stereocenters. The van der Waals surface area contributed by atoms with Crippen LogP contribution in [0.25, 0.3) is 0 Å². The molecule has 0 aliphatic heterocycles. The maximum atomic E-state index is 10.8. The number of nitrogens with two attached hydrogens (primary N) is 1. The first kappa shape index (κ1) is 14.1. The second kappa shape index (κ2) is 6.73. The quantitative estimate of drug-likeness (QED) is 0.847. The third kappa shape index (κ3) is 3.83. The SMILES string of the molecule is NCC(CC(=O)O)c1cccc(Oc2ccccc2)c1. The molecule has 0 aromatic heterocycles. The summed E-state index contributed by atoms with van der Waals surface area (Å²) in [6.07, 6.45) is 0.0191. The Morgan fingerprint density at radius 1 is 1.10 bits per heavy atom. The molecule has 0 aliphatic rings. The second-order valence-corrected chi connectivity index (χ2v) is 4.52. The van der Waals surface area contributed by atoms with Gasteiger partial charge in [0.15, 0.2) is 0 Å². The van der Waals surface area contributed by atoms with Gasteiger partial charge in [-0.3, -0.25) is 4.79 Å². The van der Waals surface area contributed by atoms with Crippen molar-refractivity contribution in [3.8, 4) is 11.5 Å². The summed E-state index contributed by atoms with van der Waals surface area (Å²) in [6, 6.07) is 16.8. The molecule has 1 atom stereocenters. The molecule has 2 rings (SSSR count). The molecule has 0 radical (unpaired) electrons. The van der Waals surface area contributed by atoms with Gasteiger partial charge in [0.05, 0.1) is 6.42 Å². The van der Waals surface area contributed by atoms with E-state index in [0.717, 1.165) is 11.3 Å². The molecular weight excluding hydrogens is 254 g/mol. The van der Waals surface area contributed by atoms with Crippen molar-refractivity contribution in [2.45, 2.75) is 12.3 Å². The van der Waals surface area contributed by atoms with Gasteiger partial charge in [0.1, 0.15) is 11.5 Å². The molecule has 2 aromatic carbocycles. The summed E-state index contributed by atoms with van der Waals surface area (Å²) >= 11 is 0. The molecule has 2 aromatic rings. The van der Waals surface area contributed by atoms with E-state index < -0.39 is 5.97 Å². The van der Waals surface area contributed by atoms with E-state index in [1.807, 2.05) is 54.6 Å². The van der Waals surface area contributed by atoms with Crippen LogP contribution in [0, 0.1) is 0 Å². The molecule has 0 fully saturated rings. The predicted molar refractivity (Wildman–Crippen MR) is 77.0 cm³/mol. The van der Waals surface area contributed by atoms with Gasteiger partial charge in [-0.25, -0.2) is 0 Å². The Labute approximate surface area is 117 Å². The summed E-state index contributed by atoms with van der Waals surface area (Å²) in [5.74, 6) is 0.367. The molecule has 0 bridgehead atoms. The van der Waals surface area contributed by atoms with Gasteiger partial charge in [-0.2, -0.15) is 0 Å². The van der Waals surface area contributed by atoms with Crippen molar-refractivity contribution in [2.75, 3.05) is 6.54 Å². The van der Waals surface area contributed by atoms with E-state index in [0.29, 0.717) is 12.3 Å². The largest absolute Gasteiger partial charge is 0.481 e. The molecular formula is C16H17NO3. The number of hydrogen-bond donors (Lipinski definition) is 2. The molecule has 0 spiro atoms. The van der Waals surface area contributed by atoms with E-state index in [9.17, 15) is 4.79 Å². The first-order valence-electron chi connectivity index (χ1n) is 6.44. The molecule has 0 heterocycles. The van der Waals surface area contributed by atoms with Gasteiger partial charge < -0.3 is 15.6 Å². The third-order valence-electron chi connectivity index (χ3n) is 3.01. The molecule has 4 heteroatoms. The summed E-state index contributed by atoms with van der Waals surface area (Å²) in [5, 5.41) is 8.89. The van der Waals surface area contributed by atoms with Gasteiger partial charge >= 0.3 is 5.97 Å². The summed E-state index contributed by atoms with van der Waals surface area (Å²) in [7, 11) is 0. The monoisotopic (exact) mass is 271 g/mol. The molecule has 4 nitrogen and oxygen atoms in total. The van der Waals surface area contributed by atoms with Crippen LogP contribution in [0.4, 0.5) is 0 Å². The van der Waals surface area contributed by atoms with Crippen LogP contribution in [-0.2, 0) is 4.79 Å². The van der Waals surface area contributed by atoms with Crippen molar-refractivity contribution in [1.82, 2.24) is 0 Å². The summed E-state index contributed by atoms with van der Waals surface area (Å²) in [5.41, 5.74) is 6.53. The van der Waals surface area contributed by atoms with Crippen LogP contribution in [0.1, 0.15) is 17.9 Å². The zero-order valence-corrected chi connectivity index (χ0v) is 11.0. The van der Waals surface area contributed by atoms with Crippen molar-refractivity contribution in [3.63, 3.8) is 0 Å². The van der Waals surface area contributed by atoms with Crippen LogP contribution < -0.4 is 10.5 Å². The highest BCUT2D eigenvalue weighted by atomic mass is 16.5. The summed E-state index contributed by atoms with van der Waals surface area (Å²) in [4.78, 5) is 10.8. The van der Waals surface area contributed by atoms with Crippen molar-refractivity contribution < 1.29 is 14.6 Å². The molecule has 0 saturated heterocycles. The van der Waals surface area contributed by atoms with E-state index in [1.54, 1.807) is 0 Å². The Morgan fingerprint density at radius 3 is 2.45 bits per heavy atom. The maximum absolute atomic E-state index is 10.8. The van der Waals surface area contributed by atoms with Crippen molar-refractivity contribution in [1.29, 1.82) is 0 Å². The smallest absolute Gasteiger partial charge is 0.304 e. The lowest BCUT2D eigenvalue weighted by atomic mass is 9.96. The molecule has 0 saturated carbocycles. The predicted octanol–water partition coefficient (Wildman–Crippen LogP) is 3.00. The highest BCUT2D eigenvalue weighted by molar-refractivity contribution is 5.68. The van der Waals surface area contributed by atoms with Crippen molar-refractivity contribution in [3.05, 3.63) is 60.2 Å². The number of carboxylic acid groups (broad SMARTS) is 1. The molecule has 0 aliphatic carbocycles. The Morgan fingerprint density at radius 2 is 1.80 bits per heavy atom. The highest BCUT2D eigenvalue weighted by Gasteiger charge is 2.14. The number of para-hydroxylation sites is 1. The highest BCUT2D eigenvalue weighted by Crippen LogP contribution is 2.26. The van der Waals surface area contributed by atoms with Gasteiger partial charge in [-0.1, -0.05) is 30.3 Å². The van der Waals surface area contributed by atoms with Gasteiger partial charge in [-0.15, -0.1) is 0 Å². The number of carbonyl (C=O) groups is 1. The van der Waals surface area contributed by atoms with Crippen LogP contribution in [0.5, 0.6) is 11.5 Å². The zero-order valence-electron chi connectivity index (χ0n) is 11.0. The second-order valence-electron chi connectivity index (χ2n) is 4.52. The summed E-state index contributed by atoms with van der Waals surface area (Å²) in [6.45, 7) is 0.293. The molecule has 20 heavy (non-hydrogen) atoms. The van der Waals surface area contributed by atoms with E-state index in [2.05, 4.69) is 0 Å². The Bertz CT molecular complexity index is 569. The number of ether oxygens (including phenoxy) is 1. The minimum absolute atomic E-state index is 0.0191. The van der Waals surface area contributed by atoms with E-state index in [-0.39, 0.29) is 12.3 Å². The average Bonchev–Trinajstić information content (AvgIpc) is 2.46. The van der Waals surface area contributed by atoms with Gasteiger partial charge in [0.2, 0.25) is 0 Å². The average molecular weight is 271 g/mol. The van der Waals surface area contributed by atoms with Crippen LogP contribution in [-0.4, -0.2) is 17.6 Å². The third-order valence-corrected chi connectivity index (χ3v) is 3.01. The zero-order chi connectivity index (χ0) is 14.4. The van der Waals surface area contributed by atoms with E-state index >= 15 is 0 Å². The van der Waals surface area contributed by atoms with Gasteiger partial charge in [0, 0.05) is 5.92 Å². The van der Waals surface area contributed by atoms with Gasteiger partial charge in [0.25, 0.3) is 0 Å². The Kier molecular flexibility index (Phi) is 4.74. The fourth-order valence-corrected chi connectivity index (χ4v) is 2.00. The topological polar surface area (TPSA) is 72.6 Å². The lowest BCUT2D eigenvalue weighted by molar-refractivity contribution is -0.137. The first-order valence-corrected chi connectivity index (χ1v) is 6.44. The first-order chi connectivity index (χ1) is 9.69. The number of rotatable bonds is 6. The number of hydrogen-bond acceptors (Lipinski definition) is 3. The van der Waals surface area contributed by atoms with Crippen molar-refractivity contribution >= 4 is 5.97 Å². The normalized spacial score (nSPS) is 11.8. The molecule has 0 amide bonds. The van der Waals surface area contributed by atoms with Crippen LogP contribution >= 0.6 is 0 Å². The lowest BCUT2D eigenvalue weighted by Gasteiger charge is -2.14. The van der Waals surface area contributed by atoms with Crippen molar-refractivity contribution in [2.24, 2.45) is 5.73 Å². The van der Waals surface area contributed by atoms with Gasteiger partial charge in [-0.05, 0) is 36.4 Å². The Hall–Kier alpha value is -2.33. The summed E-state index contributed by atoms with van der Waals surface area (Å²) < 4.78 is 5.73. The van der Waals surface area contributed by atoms with Crippen LogP contribution in [0.2, 0.25) is 0 Å². The number of aliphatic carboxylic acids is 1. The van der Waals surface area contributed by atoms with Crippen LogP contribution in [0.15, 0.2) is 54.6 Å². The lowest BCUT2D eigenvalue weighted by Crippen LogP contribution is -2.16. The molecule has 104 valence electrons. The molecule has 3 N–H and O–H groups in total. The maximum Gasteiger partial charge on any atom is 0.304 e. The number of carboxylic acids is 1. The minimum Gasteiger partial charge on any atom is -0.481 e. The minimum atomic E-state index is -0.852. The fraction of sp³-hybridized carbons (Fsp3) is 0.188. The Balaban J connectivity index is 2.16. The van der Waals surface area contributed by atoms with E-state index in [4.69, 9.17) is 15.6 Å². The fourth-order valence-electron chi connectivity index (χ4n) is 2.00. The number of benzene rings is 2.